The van der Waals surface area contributed by atoms with Gasteiger partial charge in [0.15, 0.2) is 0 Å². The van der Waals surface area contributed by atoms with Crippen LogP contribution in [-0.2, 0) is 0 Å². The minimum atomic E-state index is -0.756. The van der Waals surface area contributed by atoms with Gasteiger partial charge in [0.05, 0.1) is 6.04 Å². The van der Waals surface area contributed by atoms with Gasteiger partial charge in [0.2, 0.25) is 0 Å². The lowest BCUT2D eigenvalue weighted by Gasteiger charge is -2.15. The molecule has 0 heterocycles. The van der Waals surface area contributed by atoms with Crippen molar-refractivity contribution in [2.45, 2.75) is 18.2 Å². The molecule has 2 unspecified atom stereocenters. The van der Waals surface area contributed by atoms with Gasteiger partial charge in [-0.05, 0) is 18.2 Å². The second kappa shape index (κ2) is 3.10. The molecule has 2 rings (SSSR count). The molecule has 3 N–H and O–H groups in total. The van der Waals surface area contributed by atoms with Gasteiger partial charge in [-0.15, -0.1) is 0 Å². The quantitative estimate of drug-likeness (QED) is 0.583. The number of rotatable bonds is 1. The first-order chi connectivity index (χ1) is 6.25. The molecule has 1 aromatic carbocycles. The first kappa shape index (κ1) is 8.69. The lowest BCUT2D eigenvalue weighted by Crippen LogP contribution is -2.27. The molecule has 3 atom stereocenters. The van der Waals surface area contributed by atoms with E-state index in [0.29, 0.717) is 0 Å². The summed E-state index contributed by atoms with van der Waals surface area (Å²) in [5, 5.41) is 22.3. The molecule has 1 aromatic rings. The number of aliphatic hydroxyl groups is 2. The molecular weight excluding hydrogens is 166 g/mol. The van der Waals surface area contributed by atoms with Crippen molar-refractivity contribution in [3.8, 4) is 0 Å². The van der Waals surface area contributed by atoms with Crippen molar-refractivity contribution < 1.29 is 10.2 Å². The molecule has 0 aromatic heterocycles. The van der Waals surface area contributed by atoms with Crippen LogP contribution >= 0.6 is 0 Å². The third-order valence-electron chi connectivity index (χ3n) is 2.63. The highest BCUT2D eigenvalue weighted by atomic mass is 16.3. The summed E-state index contributed by atoms with van der Waals surface area (Å²) in [5.74, 6) is 0. The van der Waals surface area contributed by atoms with Gasteiger partial charge in [-0.2, -0.15) is 0 Å². The number of nitrogens with one attached hydrogen (secondary N) is 1. The largest absolute Gasteiger partial charge is 0.388 e. The van der Waals surface area contributed by atoms with Gasteiger partial charge in [-0.3, -0.25) is 0 Å². The van der Waals surface area contributed by atoms with Crippen molar-refractivity contribution in [3.63, 3.8) is 0 Å². The van der Waals surface area contributed by atoms with E-state index < -0.39 is 12.2 Å². The molecule has 0 fully saturated rings. The molecule has 1 aliphatic rings. The van der Waals surface area contributed by atoms with Crippen molar-refractivity contribution in [1.82, 2.24) is 5.32 Å². The summed E-state index contributed by atoms with van der Waals surface area (Å²) in [6, 6.07) is 7.41. The molecule has 0 saturated carbocycles. The molecule has 0 spiro atoms. The Labute approximate surface area is 77.0 Å². The number of aliphatic hydroxyl groups excluding tert-OH is 2. The molecule has 70 valence electrons. The SMILES string of the molecule is CNC1c2ccccc2[C@H](O)C1O. The van der Waals surface area contributed by atoms with Crippen molar-refractivity contribution in [2.75, 3.05) is 7.05 Å². The van der Waals surface area contributed by atoms with E-state index in [9.17, 15) is 10.2 Å². The topological polar surface area (TPSA) is 52.5 Å². The van der Waals surface area contributed by atoms with E-state index in [1.54, 1.807) is 7.05 Å². The Bertz CT molecular complexity index is 314. The molecule has 0 aliphatic heterocycles. The van der Waals surface area contributed by atoms with Crippen LogP contribution < -0.4 is 5.32 Å². The monoisotopic (exact) mass is 179 g/mol. The molecule has 3 heteroatoms. The van der Waals surface area contributed by atoms with Gasteiger partial charge in [-0.25, -0.2) is 0 Å². The third-order valence-corrected chi connectivity index (χ3v) is 2.63. The fraction of sp³-hybridized carbons (Fsp3) is 0.400. The molecule has 0 saturated heterocycles. The van der Waals surface area contributed by atoms with Crippen molar-refractivity contribution in [3.05, 3.63) is 35.4 Å². The maximum Gasteiger partial charge on any atom is 0.107 e. The Morgan fingerprint density at radius 1 is 1.15 bits per heavy atom. The van der Waals surface area contributed by atoms with E-state index in [1.807, 2.05) is 24.3 Å². The molecule has 1 aliphatic carbocycles. The van der Waals surface area contributed by atoms with Crippen LogP contribution in [0, 0.1) is 0 Å². The summed E-state index contributed by atoms with van der Waals surface area (Å²) in [5.41, 5.74) is 1.82. The van der Waals surface area contributed by atoms with Gasteiger partial charge >= 0.3 is 0 Å². The standard InChI is InChI=1S/C10H13NO2/c1-11-8-6-4-2-3-5-7(6)9(12)10(8)13/h2-5,8-13H,1H3/t8?,9-,10?/m0/s1. The van der Waals surface area contributed by atoms with E-state index in [2.05, 4.69) is 5.32 Å². The zero-order valence-electron chi connectivity index (χ0n) is 7.44. The minimum absolute atomic E-state index is 0.147. The Kier molecular flexibility index (Phi) is 2.07. The predicted molar refractivity (Wildman–Crippen MR) is 49.2 cm³/mol. The van der Waals surface area contributed by atoms with E-state index in [1.165, 1.54) is 0 Å². The van der Waals surface area contributed by atoms with Gasteiger partial charge in [0.25, 0.3) is 0 Å². The first-order valence-corrected chi connectivity index (χ1v) is 4.38. The highest BCUT2D eigenvalue weighted by molar-refractivity contribution is 5.38. The van der Waals surface area contributed by atoms with Crippen LogP contribution in [0.25, 0.3) is 0 Å². The summed E-state index contributed by atoms with van der Waals surface area (Å²) in [4.78, 5) is 0. The molecule has 0 amide bonds. The third kappa shape index (κ3) is 1.16. The summed E-state index contributed by atoms with van der Waals surface area (Å²) < 4.78 is 0. The van der Waals surface area contributed by atoms with Gasteiger partial charge in [-0.1, -0.05) is 24.3 Å². The maximum atomic E-state index is 9.67. The van der Waals surface area contributed by atoms with Crippen LogP contribution in [-0.4, -0.2) is 23.4 Å². The Hall–Kier alpha value is -0.900. The zero-order valence-corrected chi connectivity index (χ0v) is 7.44. The predicted octanol–water partition coefficient (Wildman–Crippen LogP) is 0.355. The molecule has 0 radical (unpaired) electrons. The average molecular weight is 179 g/mol. The van der Waals surface area contributed by atoms with Crippen molar-refractivity contribution in [1.29, 1.82) is 0 Å². The average Bonchev–Trinajstić information content (AvgIpc) is 2.41. The van der Waals surface area contributed by atoms with Crippen LogP contribution in [0.5, 0.6) is 0 Å². The van der Waals surface area contributed by atoms with E-state index in [-0.39, 0.29) is 6.04 Å². The van der Waals surface area contributed by atoms with Crippen LogP contribution in [0.2, 0.25) is 0 Å². The molecule has 3 nitrogen and oxygen atoms in total. The minimum Gasteiger partial charge on any atom is -0.388 e. The van der Waals surface area contributed by atoms with Crippen molar-refractivity contribution in [2.24, 2.45) is 0 Å². The normalized spacial score (nSPS) is 31.8. The summed E-state index contributed by atoms with van der Waals surface area (Å²) in [7, 11) is 1.78. The van der Waals surface area contributed by atoms with E-state index in [4.69, 9.17) is 0 Å². The Morgan fingerprint density at radius 2 is 1.77 bits per heavy atom. The summed E-state index contributed by atoms with van der Waals surface area (Å²) in [6.07, 6.45) is -1.49. The second-order valence-corrected chi connectivity index (χ2v) is 3.33. The van der Waals surface area contributed by atoms with Crippen molar-refractivity contribution >= 4 is 0 Å². The van der Waals surface area contributed by atoms with Crippen LogP contribution in [0.4, 0.5) is 0 Å². The first-order valence-electron chi connectivity index (χ1n) is 4.38. The molecule has 0 bridgehead atoms. The Balaban J connectivity index is 2.47. The maximum absolute atomic E-state index is 9.67. The highest BCUT2D eigenvalue weighted by Crippen LogP contribution is 2.38. The fourth-order valence-corrected chi connectivity index (χ4v) is 1.94. The molecular formula is C10H13NO2. The number of likely N-dealkylation sites (N-methyl/N-ethyl adjacent to an activating group) is 1. The lowest BCUT2D eigenvalue weighted by molar-refractivity contribution is 0.0121. The van der Waals surface area contributed by atoms with Crippen LogP contribution in [0.15, 0.2) is 24.3 Å². The Morgan fingerprint density at radius 3 is 2.38 bits per heavy atom. The van der Waals surface area contributed by atoms with Crippen LogP contribution in [0.1, 0.15) is 23.3 Å². The summed E-state index contributed by atoms with van der Waals surface area (Å²) in [6.45, 7) is 0. The van der Waals surface area contributed by atoms with Crippen LogP contribution in [0.3, 0.4) is 0 Å². The number of hydrogen-bond acceptors (Lipinski definition) is 3. The van der Waals surface area contributed by atoms with Gasteiger partial charge in [0, 0.05) is 0 Å². The highest BCUT2D eigenvalue weighted by Gasteiger charge is 2.37. The number of benzene rings is 1. The zero-order chi connectivity index (χ0) is 9.42. The van der Waals surface area contributed by atoms with Gasteiger partial charge in [0.1, 0.15) is 12.2 Å². The number of hydrogen-bond donors (Lipinski definition) is 3. The number of fused-ring (bicyclic) bond motifs is 1. The fourth-order valence-electron chi connectivity index (χ4n) is 1.94. The van der Waals surface area contributed by atoms with Gasteiger partial charge < -0.3 is 15.5 Å². The summed E-state index contributed by atoms with van der Waals surface area (Å²) >= 11 is 0. The second-order valence-electron chi connectivity index (χ2n) is 3.33. The molecule has 13 heavy (non-hydrogen) atoms. The van der Waals surface area contributed by atoms with E-state index >= 15 is 0 Å². The lowest BCUT2D eigenvalue weighted by atomic mass is 10.1. The smallest absolute Gasteiger partial charge is 0.107 e. The van der Waals surface area contributed by atoms with E-state index in [0.717, 1.165) is 11.1 Å².